The molecule has 0 aliphatic rings. The number of thiol groups is 2. The number of rotatable bonds is 10. The Morgan fingerprint density at radius 3 is 2.26 bits per heavy atom. The topological polar surface area (TPSA) is 105 Å². The van der Waals surface area contributed by atoms with Crippen LogP contribution in [0.2, 0.25) is 0 Å². The second-order valence-electron chi connectivity index (χ2n) is 6.48. The van der Waals surface area contributed by atoms with Crippen molar-refractivity contribution in [3.63, 3.8) is 0 Å². The molecule has 1 atom stereocenters. The fourth-order valence-corrected chi connectivity index (χ4v) is 2.93. The molecule has 31 heavy (non-hydrogen) atoms. The van der Waals surface area contributed by atoms with Crippen molar-refractivity contribution in [3.8, 4) is 0 Å². The number of amides is 3. The van der Waals surface area contributed by atoms with Gasteiger partial charge in [-0.15, -0.1) is 25.3 Å². The molecule has 1 aromatic carbocycles. The van der Waals surface area contributed by atoms with Crippen molar-refractivity contribution in [2.24, 2.45) is 5.92 Å². The highest BCUT2D eigenvalue weighted by Gasteiger charge is 2.24. The summed E-state index contributed by atoms with van der Waals surface area (Å²) in [6.45, 7) is -0.132. The number of benzene rings is 1. The van der Waals surface area contributed by atoms with Crippen molar-refractivity contribution >= 4 is 82.0 Å². The Labute approximate surface area is 202 Å². The Morgan fingerprint density at radius 1 is 1.06 bits per heavy atom. The minimum Gasteiger partial charge on any atom is -0.459 e. The van der Waals surface area contributed by atoms with E-state index in [-0.39, 0.29) is 47.0 Å². The molecular formula is C19H23N3O5S4. The molecule has 3 amide bonds. The number of hydrogen-bond acceptors (Lipinski definition) is 7. The number of likely N-dealkylation sites (N-methyl/N-ethyl adjacent to an activating group) is 1. The summed E-state index contributed by atoms with van der Waals surface area (Å²) in [5.41, 5.74) is 0.833. The first-order valence-corrected chi connectivity index (χ1v) is 10.8. The molecular weight excluding hydrogens is 478 g/mol. The molecule has 8 nitrogen and oxygen atoms in total. The van der Waals surface area contributed by atoms with Gasteiger partial charge in [-0.05, 0) is 12.0 Å². The predicted molar refractivity (Wildman–Crippen MR) is 131 cm³/mol. The molecule has 168 valence electrons. The highest BCUT2D eigenvalue weighted by Crippen LogP contribution is 2.14. The number of ether oxygens (including phenoxy) is 1. The Kier molecular flexibility index (Phi) is 12.3. The summed E-state index contributed by atoms with van der Waals surface area (Å²) in [5, 5.41) is 4.66. The van der Waals surface area contributed by atoms with E-state index in [0.717, 1.165) is 5.56 Å². The van der Waals surface area contributed by atoms with E-state index in [1.165, 1.54) is 11.9 Å². The molecule has 2 N–H and O–H groups in total. The van der Waals surface area contributed by atoms with Crippen molar-refractivity contribution in [1.82, 2.24) is 15.5 Å². The molecule has 0 heterocycles. The van der Waals surface area contributed by atoms with Gasteiger partial charge in [0.15, 0.2) is 0 Å². The van der Waals surface area contributed by atoms with Gasteiger partial charge in [0.1, 0.15) is 21.8 Å². The zero-order valence-corrected chi connectivity index (χ0v) is 20.1. The van der Waals surface area contributed by atoms with E-state index in [2.05, 4.69) is 48.1 Å². The summed E-state index contributed by atoms with van der Waals surface area (Å²) in [5.74, 6) is -2.85. The number of nitrogens with zero attached hydrogens (tertiary/aromatic N) is 1. The van der Waals surface area contributed by atoms with E-state index >= 15 is 0 Å². The molecule has 0 aromatic heterocycles. The van der Waals surface area contributed by atoms with Gasteiger partial charge in [-0.25, -0.2) is 0 Å². The molecule has 0 bridgehead atoms. The lowest BCUT2D eigenvalue weighted by atomic mass is 9.97. The van der Waals surface area contributed by atoms with Gasteiger partial charge in [-0.2, -0.15) is 0 Å². The van der Waals surface area contributed by atoms with Gasteiger partial charge in [0, 0.05) is 25.8 Å². The van der Waals surface area contributed by atoms with Gasteiger partial charge in [0.25, 0.3) is 0 Å². The second kappa shape index (κ2) is 14.1. The summed E-state index contributed by atoms with van der Waals surface area (Å²) in [6.07, 6.45) is -0.241. The predicted octanol–water partition coefficient (Wildman–Crippen LogP) is 1.64. The number of carbonyl (C=O) groups excluding carboxylic acids is 4. The highest BCUT2D eigenvalue weighted by atomic mass is 32.1. The highest BCUT2D eigenvalue weighted by molar-refractivity contribution is 8.11. The van der Waals surface area contributed by atoms with Crippen LogP contribution in [-0.4, -0.2) is 50.8 Å². The number of carbonyl (C=O) groups is 4. The summed E-state index contributed by atoms with van der Waals surface area (Å²) in [7, 11) is 1.45. The second-order valence-corrected chi connectivity index (χ2v) is 8.80. The number of nitrogens with one attached hydrogen (secondary N) is 2. The molecule has 0 saturated heterocycles. The minimum atomic E-state index is -0.852. The third-order valence-electron chi connectivity index (χ3n) is 4.02. The molecule has 0 spiro atoms. The van der Waals surface area contributed by atoms with Crippen LogP contribution in [0.25, 0.3) is 0 Å². The van der Waals surface area contributed by atoms with Gasteiger partial charge in [-0.3, -0.25) is 19.2 Å². The Morgan fingerprint density at radius 2 is 1.68 bits per heavy atom. The van der Waals surface area contributed by atoms with Crippen LogP contribution in [0.1, 0.15) is 24.8 Å². The smallest absolute Gasteiger partial charge is 0.325 e. The van der Waals surface area contributed by atoms with Crippen LogP contribution in [-0.2, 0) is 30.5 Å². The van der Waals surface area contributed by atoms with Gasteiger partial charge in [0.2, 0.25) is 17.7 Å². The van der Waals surface area contributed by atoms with Gasteiger partial charge in [-0.1, -0.05) is 54.8 Å². The largest absolute Gasteiger partial charge is 0.459 e. The van der Waals surface area contributed by atoms with Crippen molar-refractivity contribution in [2.45, 2.75) is 25.9 Å². The average Bonchev–Trinajstić information content (AvgIpc) is 2.68. The van der Waals surface area contributed by atoms with Crippen LogP contribution in [0, 0.1) is 5.92 Å². The van der Waals surface area contributed by atoms with Crippen molar-refractivity contribution in [1.29, 1.82) is 0 Å². The normalized spacial score (nSPS) is 11.1. The third-order valence-corrected chi connectivity index (χ3v) is 4.45. The Balaban J connectivity index is 2.56. The number of thiocarbonyl (C=S) groups is 2. The number of hydrogen-bond donors (Lipinski definition) is 4. The summed E-state index contributed by atoms with van der Waals surface area (Å²) in [4.78, 5) is 49.8. The van der Waals surface area contributed by atoms with Crippen LogP contribution >= 0.6 is 49.7 Å². The third kappa shape index (κ3) is 11.8. The lowest BCUT2D eigenvalue weighted by molar-refractivity contribution is -0.149. The molecule has 1 aromatic rings. The molecule has 0 saturated carbocycles. The first-order chi connectivity index (χ1) is 14.6. The van der Waals surface area contributed by atoms with Crippen LogP contribution in [0.15, 0.2) is 30.3 Å². The van der Waals surface area contributed by atoms with Crippen LogP contribution in [0.4, 0.5) is 0 Å². The van der Waals surface area contributed by atoms with Crippen LogP contribution in [0.3, 0.4) is 0 Å². The molecule has 0 radical (unpaired) electrons. The van der Waals surface area contributed by atoms with Gasteiger partial charge in [0.05, 0.1) is 0 Å². The molecule has 0 aliphatic carbocycles. The standard InChI is InChI=1S/C19H23N3O5S4/c1-22(10-16(25)27-11-12-5-3-2-4-6-12)15(24)8-7-13(17(26)21-19(30)31)9-14(23)20-18(28)29/h2-6,13H,7-11H2,1H3,(H2,20,23,28,29)(H2,21,26,30,31). The van der Waals surface area contributed by atoms with E-state index in [0.29, 0.717) is 0 Å². The van der Waals surface area contributed by atoms with Crippen LogP contribution < -0.4 is 10.6 Å². The van der Waals surface area contributed by atoms with Gasteiger partial charge < -0.3 is 20.3 Å². The molecule has 1 unspecified atom stereocenters. The lowest BCUT2D eigenvalue weighted by Gasteiger charge is -2.19. The summed E-state index contributed by atoms with van der Waals surface area (Å²) < 4.78 is 5.07. The quantitative estimate of drug-likeness (QED) is 0.219. The van der Waals surface area contributed by atoms with E-state index < -0.39 is 23.7 Å². The zero-order chi connectivity index (χ0) is 23.4. The molecule has 12 heteroatoms. The summed E-state index contributed by atoms with van der Waals surface area (Å²) in [6, 6.07) is 9.15. The fraction of sp³-hybridized carbons (Fsp3) is 0.368. The lowest BCUT2D eigenvalue weighted by Crippen LogP contribution is -2.38. The van der Waals surface area contributed by atoms with Crippen molar-refractivity contribution in [3.05, 3.63) is 35.9 Å². The van der Waals surface area contributed by atoms with E-state index in [1.807, 2.05) is 30.3 Å². The Hall–Kier alpha value is -2.02. The fourth-order valence-electron chi connectivity index (χ4n) is 2.48. The molecule has 0 aliphatic heterocycles. The maximum Gasteiger partial charge on any atom is 0.325 e. The SMILES string of the molecule is CN(CC(=O)OCc1ccccc1)C(=O)CCC(CC(=O)NC(=S)S)C(=O)NC(=S)S. The van der Waals surface area contributed by atoms with E-state index in [4.69, 9.17) is 17.0 Å². The van der Waals surface area contributed by atoms with Gasteiger partial charge >= 0.3 is 5.97 Å². The zero-order valence-electron chi connectivity index (χ0n) is 16.7. The molecule has 1 rings (SSSR count). The van der Waals surface area contributed by atoms with E-state index in [1.54, 1.807) is 0 Å². The number of esters is 1. The first kappa shape index (κ1) is 27.0. The maximum atomic E-state index is 12.4. The Bertz CT molecular complexity index is 835. The average molecular weight is 502 g/mol. The van der Waals surface area contributed by atoms with Crippen molar-refractivity contribution in [2.75, 3.05) is 13.6 Å². The summed E-state index contributed by atoms with van der Waals surface area (Å²) >= 11 is 17.1. The first-order valence-electron chi connectivity index (χ1n) is 9.08. The molecule has 0 fully saturated rings. The monoisotopic (exact) mass is 501 g/mol. The van der Waals surface area contributed by atoms with E-state index in [9.17, 15) is 19.2 Å². The van der Waals surface area contributed by atoms with Crippen molar-refractivity contribution < 1.29 is 23.9 Å². The minimum absolute atomic E-state index is 0.0290. The maximum absolute atomic E-state index is 12.4. The van der Waals surface area contributed by atoms with Crippen LogP contribution in [0.5, 0.6) is 0 Å².